The van der Waals surface area contributed by atoms with Gasteiger partial charge in [0.05, 0.1) is 18.8 Å². The molecule has 0 bridgehead atoms. The first-order chi connectivity index (χ1) is 10.0. The van der Waals surface area contributed by atoms with Crippen LogP contribution in [0.5, 0.6) is 5.75 Å². The van der Waals surface area contributed by atoms with Gasteiger partial charge in [0.2, 0.25) is 0 Å². The summed E-state index contributed by atoms with van der Waals surface area (Å²) in [4.78, 5) is 0. The van der Waals surface area contributed by atoms with Gasteiger partial charge in [0.1, 0.15) is 5.75 Å². The van der Waals surface area contributed by atoms with Gasteiger partial charge in [-0.1, -0.05) is 36.4 Å². The second-order valence-electron chi connectivity index (χ2n) is 4.59. The van der Waals surface area contributed by atoms with Gasteiger partial charge >= 0.3 is 6.18 Å². The number of para-hydroxylation sites is 1. The molecule has 21 heavy (non-hydrogen) atoms. The van der Waals surface area contributed by atoms with Crippen LogP contribution in [0.1, 0.15) is 17.0 Å². The Hall–Kier alpha value is -2.01. The van der Waals surface area contributed by atoms with E-state index in [2.05, 4.69) is 0 Å². The van der Waals surface area contributed by atoms with Crippen molar-refractivity contribution in [2.45, 2.75) is 12.1 Å². The van der Waals surface area contributed by atoms with E-state index in [0.717, 1.165) is 6.07 Å². The molecule has 2 rings (SSSR count). The van der Waals surface area contributed by atoms with Crippen molar-refractivity contribution >= 4 is 0 Å². The molecular weight excluding hydrogens is 281 g/mol. The third-order valence-corrected chi connectivity index (χ3v) is 3.12. The fourth-order valence-corrected chi connectivity index (χ4v) is 2.07. The number of hydrogen-bond acceptors (Lipinski definition) is 2. The molecule has 0 amide bonds. The lowest BCUT2D eigenvalue weighted by Crippen LogP contribution is -2.19. The lowest BCUT2D eigenvalue weighted by molar-refractivity contribution is -0.138. The highest BCUT2D eigenvalue weighted by Gasteiger charge is 2.34. The van der Waals surface area contributed by atoms with E-state index < -0.39 is 24.3 Å². The molecule has 112 valence electrons. The summed E-state index contributed by atoms with van der Waals surface area (Å²) in [6, 6.07) is 14.0. The lowest BCUT2D eigenvalue weighted by Gasteiger charge is -2.20. The Kier molecular flexibility index (Phi) is 4.85. The summed E-state index contributed by atoms with van der Waals surface area (Å²) in [7, 11) is 0. The van der Waals surface area contributed by atoms with E-state index in [1.807, 2.05) is 6.07 Å². The van der Waals surface area contributed by atoms with Crippen LogP contribution in [0.3, 0.4) is 0 Å². The number of ether oxygens (including phenoxy) is 1. The molecule has 2 aromatic rings. The van der Waals surface area contributed by atoms with Crippen molar-refractivity contribution in [3.05, 3.63) is 65.7 Å². The molecule has 1 unspecified atom stereocenters. The van der Waals surface area contributed by atoms with E-state index in [1.165, 1.54) is 18.2 Å². The molecule has 0 aromatic heterocycles. The first-order valence-electron chi connectivity index (χ1n) is 6.47. The predicted molar refractivity (Wildman–Crippen MR) is 73.2 cm³/mol. The number of halogens is 3. The Morgan fingerprint density at radius 1 is 0.952 bits per heavy atom. The number of benzene rings is 2. The number of aliphatic hydroxyl groups is 1. The van der Waals surface area contributed by atoms with E-state index in [4.69, 9.17) is 4.74 Å². The molecule has 1 atom stereocenters. The monoisotopic (exact) mass is 296 g/mol. The van der Waals surface area contributed by atoms with Crippen LogP contribution in [0.15, 0.2) is 54.6 Å². The quantitative estimate of drug-likeness (QED) is 0.908. The van der Waals surface area contributed by atoms with Gasteiger partial charge in [-0.25, -0.2) is 0 Å². The van der Waals surface area contributed by atoms with Crippen molar-refractivity contribution in [2.75, 3.05) is 13.2 Å². The van der Waals surface area contributed by atoms with Crippen molar-refractivity contribution in [2.24, 2.45) is 0 Å². The van der Waals surface area contributed by atoms with Crippen LogP contribution in [-0.4, -0.2) is 18.3 Å². The number of aliphatic hydroxyl groups excluding tert-OH is 1. The Morgan fingerprint density at radius 2 is 1.57 bits per heavy atom. The third-order valence-electron chi connectivity index (χ3n) is 3.12. The lowest BCUT2D eigenvalue weighted by atomic mass is 9.95. The molecule has 0 spiro atoms. The second-order valence-corrected chi connectivity index (χ2v) is 4.59. The molecule has 0 saturated carbocycles. The molecule has 0 heterocycles. The Labute approximate surface area is 120 Å². The highest BCUT2D eigenvalue weighted by molar-refractivity contribution is 5.33. The standard InChI is InChI=1S/C16H15F3O2/c17-16(18,19)15-9-5-4-8-14(15)12(10-20)11-21-13-6-2-1-3-7-13/h1-9,12,20H,10-11H2. The zero-order chi connectivity index (χ0) is 15.3. The number of alkyl halides is 3. The minimum absolute atomic E-state index is 0.0202. The van der Waals surface area contributed by atoms with E-state index in [9.17, 15) is 18.3 Å². The smallest absolute Gasteiger partial charge is 0.416 e. The summed E-state index contributed by atoms with van der Waals surface area (Å²) in [5, 5.41) is 9.40. The summed E-state index contributed by atoms with van der Waals surface area (Å²) in [6.07, 6.45) is -4.45. The van der Waals surface area contributed by atoms with Crippen molar-refractivity contribution in [1.29, 1.82) is 0 Å². The number of hydrogen-bond donors (Lipinski definition) is 1. The molecule has 0 aliphatic heterocycles. The zero-order valence-electron chi connectivity index (χ0n) is 11.2. The van der Waals surface area contributed by atoms with Crippen LogP contribution in [-0.2, 0) is 6.18 Å². The minimum Gasteiger partial charge on any atom is -0.493 e. The van der Waals surface area contributed by atoms with Gasteiger partial charge in [-0.15, -0.1) is 0 Å². The highest BCUT2D eigenvalue weighted by Crippen LogP contribution is 2.35. The van der Waals surface area contributed by atoms with Gasteiger partial charge in [0, 0.05) is 5.92 Å². The molecule has 0 radical (unpaired) electrons. The minimum atomic E-state index is -4.45. The molecule has 0 aliphatic carbocycles. The molecule has 0 aliphatic rings. The van der Waals surface area contributed by atoms with Gasteiger partial charge in [-0.05, 0) is 23.8 Å². The van der Waals surface area contributed by atoms with E-state index in [-0.39, 0.29) is 12.2 Å². The van der Waals surface area contributed by atoms with Crippen molar-refractivity contribution in [3.8, 4) is 5.75 Å². The molecule has 2 nitrogen and oxygen atoms in total. The molecule has 1 N–H and O–H groups in total. The summed E-state index contributed by atoms with van der Waals surface area (Å²) in [5.74, 6) is -0.177. The third kappa shape index (κ3) is 3.98. The molecular formula is C16H15F3O2. The topological polar surface area (TPSA) is 29.5 Å². The predicted octanol–water partition coefficient (Wildman–Crippen LogP) is 3.86. The van der Waals surface area contributed by atoms with Gasteiger partial charge in [0.25, 0.3) is 0 Å². The van der Waals surface area contributed by atoms with Crippen molar-refractivity contribution < 1.29 is 23.0 Å². The largest absolute Gasteiger partial charge is 0.493 e. The summed E-state index contributed by atoms with van der Waals surface area (Å²) in [6.45, 7) is -0.437. The first-order valence-corrected chi connectivity index (χ1v) is 6.47. The highest BCUT2D eigenvalue weighted by atomic mass is 19.4. The van der Waals surface area contributed by atoms with E-state index >= 15 is 0 Å². The maximum atomic E-state index is 13.0. The second kappa shape index (κ2) is 6.63. The average Bonchev–Trinajstić information content (AvgIpc) is 2.48. The normalized spacial score (nSPS) is 13.0. The van der Waals surface area contributed by atoms with Crippen LogP contribution < -0.4 is 4.74 Å². The van der Waals surface area contributed by atoms with Crippen LogP contribution in [0.2, 0.25) is 0 Å². The molecule has 0 saturated heterocycles. The van der Waals surface area contributed by atoms with Crippen LogP contribution >= 0.6 is 0 Å². The average molecular weight is 296 g/mol. The fourth-order valence-electron chi connectivity index (χ4n) is 2.07. The fraction of sp³-hybridized carbons (Fsp3) is 0.250. The van der Waals surface area contributed by atoms with Crippen molar-refractivity contribution in [1.82, 2.24) is 0 Å². The van der Waals surface area contributed by atoms with E-state index in [1.54, 1.807) is 24.3 Å². The van der Waals surface area contributed by atoms with Crippen LogP contribution in [0.25, 0.3) is 0 Å². The Morgan fingerprint density at radius 3 is 2.19 bits per heavy atom. The zero-order valence-corrected chi connectivity index (χ0v) is 11.2. The molecule has 0 fully saturated rings. The number of rotatable bonds is 5. The maximum absolute atomic E-state index is 13.0. The summed E-state index contributed by atoms with van der Waals surface area (Å²) in [5.41, 5.74) is -0.691. The van der Waals surface area contributed by atoms with Gasteiger partial charge in [0.15, 0.2) is 0 Å². The summed E-state index contributed by atoms with van der Waals surface area (Å²) < 4.78 is 44.4. The molecule has 2 aromatic carbocycles. The first kappa shape index (κ1) is 15.4. The van der Waals surface area contributed by atoms with E-state index in [0.29, 0.717) is 5.75 Å². The summed E-state index contributed by atoms with van der Waals surface area (Å²) >= 11 is 0. The molecule has 5 heteroatoms. The van der Waals surface area contributed by atoms with Crippen LogP contribution in [0, 0.1) is 0 Å². The van der Waals surface area contributed by atoms with Gasteiger partial charge in [-0.2, -0.15) is 13.2 Å². The SMILES string of the molecule is OCC(COc1ccccc1)c1ccccc1C(F)(F)F. The van der Waals surface area contributed by atoms with Crippen LogP contribution in [0.4, 0.5) is 13.2 Å². The maximum Gasteiger partial charge on any atom is 0.416 e. The van der Waals surface area contributed by atoms with Gasteiger partial charge in [-0.3, -0.25) is 0 Å². The van der Waals surface area contributed by atoms with Crippen molar-refractivity contribution in [3.63, 3.8) is 0 Å². The Balaban J connectivity index is 2.18. The van der Waals surface area contributed by atoms with Gasteiger partial charge < -0.3 is 9.84 Å². The Bertz CT molecular complexity index is 567.